The average Bonchev–Trinajstić information content (AvgIpc) is 2.34. The summed E-state index contributed by atoms with van der Waals surface area (Å²) in [5.41, 5.74) is 5.76. The fraction of sp³-hybridized carbons (Fsp3) is 0.857. The van der Waals surface area contributed by atoms with Gasteiger partial charge in [-0.3, -0.25) is 4.99 Å². The van der Waals surface area contributed by atoms with Gasteiger partial charge in [-0.05, 0) is 25.9 Å². The Morgan fingerprint density at radius 1 is 1.36 bits per heavy atom. The Bertz CT molecular complexity index is 181. The van der Waals surface area contributed by atoms with E-state index in [1.807, 2.05) is 0 Å². The monoisotopic (exact) mass is 154 g/mol. The first-order valence-electron chi connectivity index (χ1n) is 4.10. The molecule has 0 aromatic heterocycles. The molecule has 0 aromatic carbocycles. The quantitative estimate of drug-likeness (QED) is 0.420. The Morgan fingerprint density at radius 3 is 2.64 bits per heavy atom. The van der Waals surface area contributed by atoms with E-state index in [0.717, 1.165) is 32.5 Å². The van der Waals surface area contributed by atoms with Gasteiger partial charge in [-0.25, -0.2) is 0 Å². The molecule has 4 heteroatoms. The SMILES string of the molecule is NC1=NCC2(CCNCC2)N1. The number of nitrogens with two attached hydrogens (primary N) is 1. The van der Waals surface area contributed by atoms with Gasteiger partial charge in [0.15, 0.2) is 5.96 Å². The molecule has 4 nitrogen and oxygen atoms in total. The number of nitrogens with zero attached hydrogens (tertiary/aromatic N) is 1. The third-order valence-corrected chi connectivity index (χ3v) is 2.51. The Kier molecular flexibility index (Phi) is 1.49. The maximum atomic E-state index is 5.56. The smallest absolute Gasteiger partial charge is 0.189 e. The predicted molar refractivity (Wildman–Crippen MR) is 44.5 cm³/mol. The van der Waals surface area contributed by atoms with Crippen molar-refractivity contribution in [2.45, 2.75) is 18.4 Å². The second-order valence-electron chi connectivity index (χ2n) is 3.36. The van der Waals surface area contributed by atoms with Gasteiger partial charge in [0.2, 0.25) is 0 Å². The molecule has 0 amide bonds. The second-order valence-corrected chi connectivity index (χ2v) is 3.36. The van der Waals surface area contributed by atoms with Crippen molar-refractivity contribution in [2.24, 2.45) is 10.7 Å². The van der Waals surface area contributed by atoms with E-state index < -0.39 is 0 Å². The fourth-order valence-electron chi connectivity index (χ4n) is 1.78. The lowest BCUT2D eigenvalue weighted by molar-refractivity contribution is 0.302. The lowest BCUT2D eigenvalue weighted by Crippen LogP contribution is -2.53. The van der Waals surface area contributed by atoms with Crippen LogP contribution >= 0.6 is 0 Å². The number of hydrogen-bond donors (Lipinski definition) is 3. The van der Waals surface area contributed by atoms with E-state index in [9.17, 15) is 0 Å². The number of nitrogens with one attached hydrogen (secondary N) is 2. The third kappa shape index (κ3) is 1.18. The van der Waals surface area contributed by atoms with Gasteiger partial charge < -0.3 is 16.4 Å². The summed E-state index contributed by atoms with van der Waals surface area (Å²) in [6.45, 7) is 3.02. The van der Waals surface area contributed by atoms with E-state index in [1.165, 1.54) is 0 Å². The van der Waals surface area contributed by atoms with E-state index in [2.05, 4.69) is 15.6 Å². The van der Waals surface area contributed by atoms with Crippen molar-refractivity contribution in [3.63, 3.8) is 0 Å². The molecule has 2 aliphatic rings. The summed E-state index contributed by atoms with van der Waals surface area (Å²) in [6.07, 6.45) is 2.27. The molecule has 11 heavy (non-hydrogen) atoms. The van der Waals surface area contributed by atoms with Gasteiger partial charge in [-0.15, -0.1) is 0 Å². The number of aliphatic imine (C=N–C) groups is 1. The van der Waals surface area contributed by atoms with Gasteiger partial charge in [0.1, 0.15) is 0 Å². The van der Waals surface area contributed by atoms with Gasteiger partial charge in [0, 0.05) is 0 Å². The molecule has 2 heterocycles. The molecule has 0 unspecified atom stereocenters. The number of piperidine rings is 1. The molecule has 2 rings (SSSR count). The summed E-state index contributed by atoms with van der Waals surface area (Å²) >= 11 is 0. The average molecular weight is 154 g/mol. The molecule has 4 N–H and O–H groups in total. The van der Waals surface area contributed by atoms with Crippen molar-refractivity contribution in [3.8, 4) is 0 Å². The van der Waals surface area contributed by atoms with E-state index in [-0.39, 0.29) is 5.54 Å². The number of guanidine groups is 1. The van der Waals surface area contributed by atoms with Gasteiger partial charge in [-0.1, -0.05) is 0 Å². The highest BCUT2D eigenvalue weighted by atomic mass is 15.2. The molecule has 1 saturated heterocycles. The van der Waals surface area contributed by atoms with Crippen LogP contribution < -0.4 is 16.4 Å². The van der Waals surface area contributed by atoms with Gasteiger partial charge in [0.25, 0.3) is 0 Å². The van der Waals surface area contributed by atoms with Crippen LogP contribution in [0.25, 0.3) is 0 Å². The van der Waals surface area contributed by atoms with Crippen molar-refractivity contribution in [3.05, 3.63) is 0 Å². The molecule has 0 saturated carbocycles. The lowest BCUT2D eigenvalue weighted by atomic mass is 9.89. The van der Waals surface area contributed by atoms with Gasteiger partial charge in [-0.2, -0.15) is 0 Å². The van der Waals surface area contributed by atoms with Crippen LogP contribution in [0.3, 0.4) is 0 Å². The van der Waals surface area contributed by atoms with Gasteiger partial charge >= 0.3 is 0 Å². The summed E-state index contributed by atoms with van der Waals surface area (Å²) in [7, 11) is 0. The highest BCUT2D eigenvalue weighted by molar-refractivity contribution is 5.80. The van der Waals surface area contributed by atoms with Gasteiger partial charge in [0.05, 0.1) is 12.1 Å². The van der Waals surface area contributed by atoms with Crippen molar-refractivity contribution in [2.75, 3.05) is 19.6 Å². The second kappa shape index (κ2) is 2.37. The van der Waals surface area contributed by atoms with Crippen LogP contribution in [0.2, 0.25) is 0 Å². The Labute approximate surface area is 66.3 Å². The summed E-state index contributed by atoms with van der Waals surface area (Å²) < 4.78 is 0. The van der Waals surface area contributed by atoms with E-state index >= 15 is 0 Å². The molecule has 0 aromatic rings. The molecular weight excluding hydrogens is 140 g/mol. The van der Waals surface area contributed by atoms with Crippen molar-refractivity contribution in [1.29, 1.82) is 0 Å². The molecule has 0 radical (unpaired) electrons. The fourth-order valence-corrected chi connectivity index (χ4v) is 1.78. The van der Waals surface area contributed by atoms with E-state index in [1.54, 1.807) is 0 Å². The maximum Gasteiger partial charge on any atom is 0.189 e. The molecule has 62 valence electrons. The Morgan fingerprint density at radius 2 is 2.09 bits per heavy atom. The zero-order valence-electron chi connectivity index (χ0n) is 6.56. The molecule has 1 spiro atoms. The van der Waals surface area contributed by atoms with Crippen LogP contribution in [0.15, 0.2) is 4.99 Å². The summed E-state index contributed by atoms with van der Waals surface area (Å²) in [5.74, 6) is 0.618. The predicted octanol–water partition coefficient (Wildman–Crippen LogP) is -0.973. The first-order chi connectivity index (χ1) is 5.31. The van der Waals surface area contributed by atoms with E-state index in [4.69, 9.17) is 5.73 Å². The highest BCUT2D eigenvalue weighted by Gasteiger charge is 2.35. The summed E-state index contributed by atoms with van der Waals surface area (Å²) in [5, 5.41) is 6.58. The van der Waals surface area contributed by atoms with Crippen molar-refractivity contribution in [1.82, 2.24) is 10.6 Å². The Balaban J connectivity index is 2.01. The topological polar surface area (TPSA) is 62.4 Å². The minimum atomic E-state index is 0.204. The van der Waals surface area contributed by atoms with Crippen LogP contribution in [0.5, 0.6) is 0 Å². The summed E-state index contributed by atoms with van der Waals surface area (Å²) in [6, 6.07) is 0. The Hall–Kier alpha value is -0.770. The van der Waals surface area contributed by atoms with Crippen LogP contribution in [-0.4, -0.2) is 31.1 Å². The lowest BCUT2D eigenvalue weighted by Gasteiger charge is -2.33. The maximum absolute atomic E-state index is 5.56. The molecule has 0 bridgehead atoms. The van der Waals surface area contributed by atoms with Crippen LogP contribution in [0.4, 0.5) is 0 Å². The van der Waals surface area contributed by atoms with Crippen LogP contribution in [-0.2, 0) is 0 Å². The minimum absolute atomic E-state index is 0.204. The van der Waals surface area contributed by atoms with Crippen molar-refractivity contribution >= 4 is 5.96 Å². The summed E-state index contributed by atoms with van der Waals surface area (Å²) in [4.78, 5) is 4.17. The molecule has 1 fully saturated rings. The standard InChI is InChI=1S/C7H14N4/c8-6-10-5-7(11-6)1-3-9-4-2-7/h9H,1-5H2,(H3,8,10,11). The normalized spacial score (nSPS) is 28.2. The highest BCUT2D eigenvalue weighted by Crippen LogP contribution is 2.21. The number of rotatable bonds is 0. The van der Waals surface area contributed by atoms with Crippen LogP contribution in [0.1, 0.15) is 12.8 Å². The zero-order valence-corrected chi connectivity index (χ0v) is 6.56. The molecule has 0 aliphatic carbocycles. The van der Waals surface area contributed by atoms with Crippen molar-refractivity contribution < 1.29 is 0 Å². The largest absolute Gasteiger partial charge is 0.370 e. The number of hydrogen-bond acceptors (Lipinski definition) is 4. The molecule has 2 aliphatic heterocycles. The molecular formula is C7H14N4. The molecule has 0 atom stereocenters. The first-order valence-corrected chi connectivity index (χ1v) is 4.10. The third-order valence-electron chi connectivity index (χ3n) is 2.51. The minimum Gasteiger partial charge on any atom is -0.370 e. The van der Waals surface area contributed by atoms with E-state index in [0.29, 0.717) is 5.96 Å². The first kappa shape index (κ1) is 6.91. The zero-order chi connectivity index (χ0) is 7.73. The van der Waals surface area contributed by atoms with Crippen LogP contribution in [0, 0.1) is 0 Å².